The van der Waals surface area contributed by atoms with Crippen LogP contribution in [0.25, 0.3) is 5.65 Å². The molecule has 2 unspecified atom stereocenters. The van der Waals surface area contributed by atoms with E-state index in [-0.39, 0.29) is 5.25 Å². The molecule has 0 fully saturated rings. The lowest BCUT2D eigenvalue weighted by Gasteiger charge is -2.07. The first-order chi connectivity index (χ1) is 8.56. The monoisotopic (exact) mass is 266 g/mol. The Balaban J connectivity index is 1.98. The van der Waals surface area contributed by atoms with E-state index in [1.54, 1.807) is 10.8 Å². The van der Waals surface area contributed by atoms with Crippen LogP contribution in [-0.4, -0.2) is 36.9 Å². The minimum absolute atomic E-state index is 0.191. The summed E-state index contributed by atoms with van der Waals surface area (Å²) in [4.78, 5) is 4.38. The zero-order valence-electron chi connectivity index (χ0n) is 10.9. The Labute approximate surface area is 109 Å². The maximum atomic E-state index is 11.2. The number of aryl methyl sites for hydroxylation is 1. The number of anilines is 1. The van der Waals surface area contributed by atoms with Crippen molar-refractivity contribution in [2.75, 3.05) is 18.1 Å². The van der Waals surface area contributed by atoms with Crippen molar-refractivity contribution in [1.29, 1.82) is 0 Å². The third-order valence-corrected chi connectivity index (χ3v) is 4.26. The highest BCUT2D eigenvalue weighted by molar-refractivity contribution is 7.84. The predicted octanol–water partition coefficient (Wildman–Crippen LogP) is 1.61. The molecule has 0 saturated carbocycles. The first kappa shape index (κ1) is 13.0. The summed E-state index contributed by atoms with van der Waals surface area (Å²) in [5.41, 5.74) is 2.00. The Hall–Kier alpha value is -1.43. The van der Waals surface area contributed by atoms with Crippen LogP contribution < -0.4 is 5.32 Å². The topological polar surface area (TPSA) is 59.3 Å². The van der Waals surface area contributed by atoms with Gasteiger partial charge in [0.15, 0.2) is 5.65 Å². The summed E-state index contributed by atoms with van der Waals surface area (Å²) in [6.45, 7) is 4.74. The fourth-order valence-electron chi connectivity index (χ4n) is 1.61. The van der Waals surface area contributed by atoms with Crippen LogP contribution in [-0.2, 0) is 10.8 Å². The highest BCUT2D eigenvalue weighted by Gasteiger charge is 2.07. The lowest BCUT2D eigenvalue weighted by Crippen LogP contribution is -2.15. The molecular weight excluding hydrogens is 248 g/mol. The normalized spacial score (nSPS) is 14.6. The summed E-state index contributed by atoms with van der Waals surface area (Å²) in [5, 5.41) is 7.67. The molecule has 0 amide bonds. The van der Waals surface area contributed by atoms with Gasteiger partial charge in [-0.2, -0.15) is 4.98 Å². The van der Waals surface area contributed by atoms with Gasteiger partial charge in [-0.15, -0.1) is 5.10 Å². The molecule has 0 aromatic carbocycles. The summed E-state index contributed by atoms with van der Waals surface area (Å²) < 4.78 is 13.0. The molecule has 6 heteroatoms. The standard InChI is InChI=1S/C12H18N4OS/c1-9-5-7-16-11(8-9)14-12(15-16)13-6-4-10(2)18(3)17/h5,7-8,10H,4,6H2,1-3H3,(H,13,15). The number of nitrogens with one attached hydrogen (secondary N) is 1. The molecule has 0 radical (unpaired) electrons. The zero-order valence-corrected chi connectivity index (χ0v) is 11.7. The maximum Gasteiger partial charge on any atom is 0.243 e. The van der Waals surface area contributed by atoms with Gasteiger partial charge in [0.05, 0.1) is 0 Å². The van der Waals surface area contributed by atoms with E-state index in [1.807, 2.05) is 32.2 Å². The van der Waals surface area contributed by atoms with E-state index in [2.05, 4.69) is 15.4 Å². The van der Waals surface area contributed by atoms with Gasteiger partial charge in [-0.25, -0.2) is 4.52 Å². The van der Waals surface area contributed by atoms with Crippen LogP contribution in [0.4, 0.5) is 5.95 Å². The summed E-state index contributed by atoms with van der Waals surface area (Å²) in [5.74, 6) is 0.620. The zero-order chi connectivity index (χ0) is 13.1. The van der Waals surface area contributed by atoms with Crippen LogP contribution >= 0.6 is 0 Å². The second-order valence-corrected chi connectivity index (χ2v) is 6.27. The van der Waals surface area contributed by atoms with Crippen molar-refractivity contribution in [2.24, 2.45) is 0 Å². The van der Waals surface area contributed by atoms with Gasteiger partial charge in [0, 0.05) is 35.0 Å². The molecular formula is C12H18N4OS. The molecule has 2 atom stereocenters. The van der Waals surface area contributed by atoms with Crippen LogP contribution in [0.15, 0.2) is 18.3 Å². The molecule has 2 rings (SSSR count). The first-order valence-electron chi connectivity index (χ1n) is 5.95. The molecule has 0 aliphatic rings. The molecule has 2 aromatic rings. The SMILES string of the molecule is Cc1ccn2nc(NCCC(C)S(C)=O)nc2c1. The third-order valence-electron chi connectivity index (χ3n) is 2.89. The van der Waals surface area contributed by atoms with Gasteiger partial charge in [-0.3, -0.25) is 4.21 Å². The number of fused-ring (bicyclic) bond motifs is 1. The Morgan fingerprint density at radius 3 is 3.06 bits per heavy atom. The number of rotatable bonds is 5. The molecule has 0 saturated heterocycles. The maximum absolute atomic E-state index is 11.2. The van der Waals surface area contributed by atoms with Crippen molar-refractivity contribution in [3.8, 4) is 0 Å². The van der Waals surface area contributed by atoms with Gasteiger partial charge >= 0.3 is 0 Å². The van der Waals surface area contributed by atoms with E-state index in [4.69, 9.17) is 0 Å². The van der Waals surface area contributed by atoms with E-state index < -0.39 is 10.8 Å². The van der Waals surface area contributed by atoms with Crippen LogP contribution in [0.1, 0.15) is 18.9 Å². The van der Waals surface area contributed by atoms with E-state index in [0.29, 0.717) is 5.95 Å². The second kappa shape index (κ2) is 5.48. The van der Waals surface area contributed by atoms with E-state index in [0.717, 1.165) is 24.2 Å². The van der Waals surface area contributed by atoms with Crippen molar-refractivity contribution in [2.45, 2.75) is 25.5 Å². The van der Waals surface area contributed by atoms with Crippen molar-refractivity contribution in [3.63, 3.8) is 0 Å². The van der Waals surface area contributed by atoms with Crippen molar-refractivity contribution in [1.82, 2.24) is 14.6 Å². The van der Waals surface area contributed by atoms with Gasteiger partial charge in [-0.05, 0) is 31.0 Å². The minimum Gasteiger partial charge on any atom is -0.353 e. The molecule has 0 spiro atoms. The van der Waals surface area contributed by atoms with E-state index >= 15 is 0 Å². The number of hydrogen-bond donors (Lipinski definition) is 1. The number of nitrogens with zero attached hydrogens (tertiary/aromatic N) is 3. The molecule has 0 aliphatic carbocycles. The number of pyridine rings is 1. The highest BCUT2D eigenvalue weighted by Crippen LogP contribution is 2.08. The Kier molecular flexibility index (Phi) is 3.96. The fraction of sp³-hybridized carbons (Fsp3) is 0.500. The highest BCUT2D eigenvalue weighted by atomic mass is 32.2. The molecule has 0 aliphatic heterocycles. The summed E-state index contributed by atoms with van der Waals surface area (Å²) in [7, 11) is -0.772. The average molecular weight is 266 g/mol. The third kappa shape index (κ3) is 3.07. The molecule has 0 bridgehead atoms. The van der Waals surface area contributed by atoms with Gasteiger partial charge in [-0.1, -0.05) is 6.92 Å². The van der Waals surface area contributed by atoms with Crippen molar-refractivity contribution in [3.05, 3.63) is 23.9 Å². The molecule has 98 valence electrons. The lowest BCUT2D eigenvalue weighted by atomic mass is 10.3. The van der Waals surface area contributed by atoms with E-state index in [9.17, 15) is 4.21 Å². The average Bonchev–Trinajstić information content (AvgIpc) is 2.70. The first-order valence-corrected chi connectivity index (χ1v) is 7.57. The lowest BCUT2D eigenvalue weighted by molar-refractivity contribution is 0.672. The van der Waals surface area contributed by atoms with Gasteiger partial charge in [0.25, 0.3) is 0 Å². The van der Waals surface area contributed by atoms with Crippen molar-refractivity contribution < 1.29 is 4.21 Å². The van der Waals surface area contributed by atoms with Crippen LogP contribution in [0.2, 0.25) is 0 Å². The Bertz CT molecular complexity index is 566. The smallest absolute Gasteiger partial charge is 0.243 e. The van der Waals surface area contributed by atoms with Crippen molar-refractivity contribution >= 4 is 22.4 Å². The van der Waals surface area contributed by atoms with E-state index in [1.165, 1.54) is 0 Å². The molecule has 2 heterocycles. The summed E-state index contributed by atoms with van der Waals surface area (Å²) >= 11 is 0. The minimum atomic E-state index is -0.772. The number of hydrogen-bond acceptors (Lipinski definition) is 4. The molecule has 18 heavy (non-hydrogen) atoms. The second-order valence-electron chi connectivity index (χ2n) is 4.47. The molecule has 2 aromatic heterocycles. The quantitative estimate of drug-likeness (QED) is 0.893. The fourth-order valence-corrected chi connectivity index (χ4v) is 2.06. The Morgan fingerprint density at radius 2 is 2.33 bits per heavy atom. The summed E-state index contributed by atoms with van der Waals surface area (Å²) in [6.07, 6.45) is 4.47. The van der Waals surface area contributed by atoms with Gasteiger partial charge in [0.2, 0.25) is 5.95 Å². The van der Waals surface area contributed by atoms with Gasteiger partial charge in [0.1, 0.15) is 0 Å². The number of aromatic nitrogens is 3. The Morgan fingerprint density at radius 1 is 1.56 bits per heavy atom. The largest absolute Gasteiger partial charge is 0.353 e. The van der Waals surface area contributed by atoms with Crippen LogP contribution in [0.3, 0.4) is 0 Å². The molecule has 5 nitrogen and oxygen atoms in total. The predicted molar refractivity (Wildman–Crippen MR) is 74.4 cm³/mol. The van der Waals surface area contributed by atoms with Gasteiger partial charge < -0.3 is 5.32 Å². The van der Waals surface area contributed by atoms with Crippen LogP contribution in [0.5, 0.6) is 0 Å². The van der Waals surface area contributed by atoms with Crippen LogP contribution in [0, 0.1) is 6.92 Å². The molecule has 1 N–H and O–H groups in total. The summed E-state index contributed by atoms with van der Waals surface area (Å²) in [6, 6.07) is 3.98.